The van der Waals surface area contributed by atoms with Gasteiger partial charge in [-0.25, -0.2) is 4.79 Å². The highest BCUT2D eigenvalue weighted by atomic mass is 35.5. The number of carboxylic acid groups (broad SMARTS) is 1. The van der Waals surface area contributed by atoms with Gasteiger partial charge in [-0.2, -0.15) is 0 Å². The Kier molecular flexibility index (Phi) is 5.69. The largest absolute Gasteiger partial charge is 0.478 e. The van der Waals surface area contributed by atoms with E-state index in [-0.39, 0.29) is 12.4 Å². The summed E-state index contributed by atoms with van der Waals surface area (Å²) < 4.78 is 4.84. The lowest BCUT2D eigenvalue weighted by Crippen LogP contribution is -2.20. The molecule has 6 heteroatoms. The second kappa shape index (κ2) is 5.96. The normalized spacial score (nSPS) is 11.3. The summed E-state index contributed by atoms with van der Waals surface area (Å²) in [4.78, 5) is 10.3. The van der Waals surface area contributed by atoms with E-state index in [4.69, 9.17) is 33.0 Å². The third kappa shape index (κ3) is 4.05. The summed E-state index contributed by atoms with van der Waals surface area (Å²) in [6.07, 6.45) is 0. The summed E-state index contributed by atoms with van der Waals surface area (Å²) in [6, 6.07) is 6.26. The number of hydrogen-bond acceptors (Lipinski definition) is 2. The van der Waals surface area contributed by atoms with E-state index >= 15 is 0 Å². The Balaban J connectivity index is 0.00000169. The van der Waals surface area contributed by atoms with E-state index in [9.17, 15) is 4.79 Å². The van der Waals surface area contributed by atoms with Crippen LogP contribution in [0.2, 0.25) is 5.02 Å². The summed E-state index contributed by atoms with van der Waals surface area (Å²) in [6.45, 7) is 0. The zero-order valence-corrected chi connectivity index (χ0v) is 9.14. The van der Waals surface area contributed by atoms with E-state index in [1.165, 1.54) is 0 Å². The van der Waals surface area contributed by atoms with Crippen LogP contribution in [0.15, 0.2) is 24.3 Å². The van der Waals surface area contributed by atoms with Crippen LogP contribution in [0.5, 0.6) is 5.75 Å². The van der Waals surface area contributed by atoms with Crippen LogP contribution in [0, 0.1) is 0 Å². The van der Waals surface area contributed by atoms with Crippen LogP contribution in [0.1, 0.15) is 0 Å². The second-order valence-corrected chi connectivity index (χ2v) is 3.06. The van der Waals surface area contributed by atoms with Crippen LogP contribution >= 0.6 is 35.6 Å². The molecule has 1 atom stereocenters. The van der Waals surface area contributed by atoms with Crippen molar-refractivity contribution in [2.24, 2.45) is 0 Å². The van der Waals surface area contributed by atoms with Gasteiger partial charge >= 0.3 is 5.97 Å². The summed E-state index contributed by atoms with van der Waals surface area (Å²) >= 11 is 10.9. The van der Waals surface area contributed by atoms with Crippen molar-refractivity contribution in [1.82, 2.24) is 0 Å². The fraction of sp³-hybridized carbons (Fsp3) is 0.125. The molecule has 0 spiro atoms. The predicted molar refractivity (Wildman–Crippen MR) is 56.6 cm³/mol. The molecule has 0 aromatic heterocycles. The Morgan fingerprint density at radius 1 is 1.36 bits per heavy atom. The van der Waals surface area contributed by atoms with Crippen LogP contribution in [0.3, 0.4) is 0 Å². The van der Waals surface area contributed by atoms with Gasteiger partial charge < -0.3 is 9.84 Å². The first-order valence-electron chi connectivity index (χ1n) is 3.38. The number of hydrogen-bond donors (Lipinski definition) is 1. The molecular weight excluding hydrogens is 250 g/mol. The Hall–Kier alpha value is -0.640. The lowest BCUT2D eigenvalue weighted by molar-refractivity contribution is -0.141. The molecular formula is C8H7Cl3O3. The fourth-order valence-corrected chi connectivity index (χ4v) is 0.912. The average molecular weight is 258 g/mol. The van der Waals surface area contributed by atoms with Gasteiger partial charge in [0.2, 0.25) is 0 Å². The number of carboxylic acids is 1. The Labute approximate surface area is 97.0 Å². The molecule has 0 bridgehead atoms. The molecule has 0 amide bonds. The maximum atomic E-state index is 10.3. The highest BCUT2D eigenvalue weighted by molar-refractivity contribution is 6.30. The van der Waals surface area contributed by atoms with Gasteiger partial charge in [-0.05, 0) is 24.3 Å². The molecule has 1 aromatic rings. The molecule has 0 radical (unpaired) electrons. The van der Waals surface area contributed by atoms with Gasteiger partial charge in [0.05, 0.1) is 0 Å². The van der Waals surface area contributed by atoms with Crippen molar-refractivity contribution >= 4 is 41.6 Å². The first-order chi connectivity index (χ1) is 6.09. The van der Waals surface area contributed by atoms with Gasteiger partial charge in [0.25, 0.3) is 5.56 Å². The minimum Gasteiger partial charge on any atom is -0.478 e. The van der Waals surface area contributed by atoms with E-state index in [0.29, 0.717) is 10.8 Å². The molecule has 14 heavy (non-hydrogen) atoms. The van der Waals surface area contributed by atoms with Crippen LogP contribution in [0.25, 0.3) is 0 Å². The predicted octanol–water partition coefficient (Wildman–Crippen LogP) is 2.79. The topological polar surface area (TPSA) is 46.5 Å². The zero-order chi connectivity index (χ0) is 9.84. The second-order valence-electron chi connectivity index (χ2n) is 2.23. The van der Waals surface area contributed by atoms with Crippen LogP contribution in [-0.4, -0.2) is 16.6 Å². The van der Waals surface area contributed by atoms with Crippen LogP contribution < -0.4 is 4.74 Å². The first-order valence-corrected chi connectivity index (χ1v) is 4.20. The maximum absolute atomic E-state index is 10.3. The SMILES string of the molecule is Cl.O=C(O)C(Cl)Oc1ccc(Cl)cc1. The Bertz CT molecular complexity index is 299. The molecule has 0 saturated carbocycles. The van der Waals surface area contributed by atoms with Gasteiger partial charge in [-0.1, -0.05) is 23.2 Å². The number of alkyl halides is 1. The monoisotopic (exact) mass is 256 g/mol. The van der Waals surface area contributed by atoms with Gasteiger partial charge in [0.1, 0.15) is 5.75 Å². The number of rotatable bonds is 3. The molecule has 0 aliphatic heterocycles. The smallest absolute Gasteiger partial charge is 0.360 e. The van der Waals surface area contributed by atoms with Crippen molar-refractivity contribution in [3.05, 3.63) is 29.3 Å². The zero-order valence-electron chi connectivity index (χ0n) is 6.81. The number of carbonyl (C=O) groups is 1. The van der Waals surface area contributed by atoms with E-state index in [1.807, 2.05) is 0 Å². The molecule has 0 aliphatic carbocycles. The van der Waals surface area contributed by atoms with E-state index in [0.717, 1.165) is 0 Å². The highest BCUT2D eigenvalue weighted by Crippen LogP contribution is 2.17. The minimum atomic E-state index is -1.37. The van der Waals surface area contributed by atoms with E-state index in [1.54, 1.807) is 24.3 Å². The molecule has 0 aliphatic rings. The molecule has 0 saturated heterocycles. The minimum absolute atomic E-state index is 0. The molecule has 3 nitrogen and oxygen atoms in total. The molecule has 1 N–H and O–H groups in total. The van der Waals surface area contributed by atoms with Gasteiger partial charge in [-0.15, -0.1) is 12.4 Å². The quantitative estimate of drug-likeness (QED) is 0.847. The van der Waals surface area contributed by atoms with Crippen molar-refractivity contribution in [1.29, 1.82) is 0 Å². The Morgan fingerprint density at radius 3 is 2.29 bits per heavy atom. The molecule has 1 unspecified atom stereocenters. The molecule has 1 rings (SSSR count). The third-order valence-corrected chi connectivity index (χ3v) is 1.78. The molecule has 0 fully saturated rings. The highest BCUT2D eigenvalue weighted by Gasteiger charge is 2.14. The van der Waals surface area contributed by atoms with Crippen LogP contribution in [-0.2, 0) is 4.79 Å². The van der Waals surface area contributed by atoms with Crippen molar-refractivity contribution in [2.75, 3.05) is 0 Å². The summed E-state index contributed by atoms with van der Waals surface area (Å²) in [5.74, 6) is -0.858. The summed E-state index contributed by atoms with van der Waals surface area (Å²) in [5.41, 5.74) is -1.37. The van der Waals surface area contributed by atoms with Gasteiger partial charge in [0, 0.05) is 5.02 Å². The van der Waals surface area contributed by atoms with Crippen molar-refractivity contribution in [3.8, 4) is 5.75 Å². The van der Waals surface area contributed by atoms with E-state index in [2.05, 4.69) is 0 Å². The molecule has 1 aromatic carbocycles. The van der Waals surface area contributed by atoms with Crippen molar-refractivity contribution in [2.45, 2.75) is 5.56 Å². The standard InChI is InChI=1S/C8H6Cl2O3.ClH/c9-5-1-3-6(4-2-5)13-7(10)8(11)12;/h1-4,7H,(H,11,12);1H. The lowest BCUT2D eigenvalue weighted by atomic mass is 10.3. The molecule has 78 valence electrons. The lowest BCUT2D eigenvalue weighted by Gasteiger charge is -2.07. The summed E-state index contributed by atoms with van der Waals surface area (Å²) in [7, 11) is 0. The first kappa shape index (κ1) is 13.4. The maximum Gasteiger partial charge on any atom is 0.360 e. The number of ether oxygens (including phenoxy) is 1. The van der Waals surface area contributed by atoms with Gasteiger partial charge in [0.15, 0.2) is 0 Å². The molecule has 0 heterocycles. The van der Waals surface area contributed by atoms with Gasteiger partial charge in [-0.3, -0.25) is 0 Å². The fourth-order valence-electron chi connectivity index (χ4n) is 0.683. The third-order valence-electron chi connectivity index (χ3n) is 1.25. The van der Waals surface area contributed by atoms with E-state index < -0.39 is 11.5 Å². The Morgan fingerprint density at radius 2 is 1.86 bits per heavy atom. The summed E-state index contributed by atoms with van der Waals surface area (Å²) in [5, 5.41) is 8.96. The number of aliphatic carboxylic acids is 1. The average Bonchev–Trinajstić information content (AvgIpc) is 2.08. The number of benzene rings is 1. The van der Waals surface area contributed by atoms with Crippen molar-refractivity contribution < 1.29 is 14.6 Å². The number of halogens is 3. The van der Waals surface area contributed by atoms with Crippen molar-refractivity contribution in [3.63, 3.8) is 0 Å². The van der Waals surface area contributed by atoms with Crippen LogP contribution in [0.4, 0.5) is 0 Å².